The Morgan fingerprint density at radius 2 is 2.50 bits per heavy atom. The van der Waals surface area contributed by atoms with Crippen LogP contribution < -0.4 is 10.3 Å². The lowest BCUT2D eigenvalue weighted by atomic mass is 10.5. The molecular formula is C8H6N4O2. The van der Waals surface area contributed by atoms with E-state index in [-0.39, 0.29) is 11.6 Å². The highest BCUT2D eigenvalue weighted by Gasteiger charge is 2.13. The third-order valence-corrected chi connectivity index (χ3v) is 2.02. The molecule has 0 atom stereocenters. The summed E-state index contributed by atoms with van der Waals surface area (Å²) in [4.78, 5) is 22.5. The van der Waals surface area contributed by atoms with Gasteiger partial charge in [-0.15, -0.1) is 0 Å². The van der Waals surface area contributed by atoms with Crippen molar-refractivity contribution in [2.75, 3.05) is 6.61 Å². The van der Waals surface area contributed by atoms with Crippen molar-refractivity contribution in [3.05, 3.63) is 22.8 Å². The van der Waals surface area contributed by atoms with Crippen LogP contribution in [0.5, 0.6) is 6.01 Å². The molecule has 14 heavy (non-hydrogen) atoms. The number of rotatable bonds is 0. The van der Waals surface area contributed by atoms with Gasteiger partial charge in [0, 0.05) is 6.20 Å². The quantitative estimate of drug-likeness (QED) is 0.633. The van der Waals surface area contributed by atoms with Crippen LogP contribution in [-0.2, 0) is 0 Å². The van der Waals surface area contributed by atoms with Crippen molar-refractivity contribution in [1.82, 2.24) is 19.5 Å². The van der Waals surface area contributed by atoms with Crippen LogP contribution in [0.4, 0.5) is 0 Å². The maximum atomic E-state index is 11.8. The molecule has 0 spiro atoms. The van der Waals surface area contributed by atoms with Crippen molar-refractivity contribution in [1.29, 1.82) is 0 Å². The number of hydrogen-bond donors (Lipinski definition) is 1. The Hall–Kier alpha value is -2.11. The van der Waals surface area contributed by atoms with Gasteiger partial charge < -0.3 is 9.72 Å². The third-order valence-electron chi connectivity index (χ3n) is 2.02. The van der Waals surface area contributed by atoms with E-state index in [2.05, 4.69) is 15.0 Å². The van der Waals surface area contributed by atoms with E-state index >= 15 is 0 Å². The van der Waals surface area contributed by atoms with Crippen molar-refractivity contribution in [3.8, 4) is 6.01 Å². The van der Waals surface area contributed by atoms with Gasteiger partial charge in [0.1, 0.15) is 6.61 Å². The van der Waals surface area contributed by atoms with Gasteiger partial charge in [-0.1, -0.05) is 0 Å². The fourth-order valence-corrected chi connectivity index (χ4v) is 1.39. The van der Waals surface area contributed by atoms with E-state index in [9.17, 15) is 4.79 Å². The van der Waals surface area contributed by atoms with Crippen LogP contribution in [0.2, 0.25) is 0 Å². The zero-order chi connectivity index (χ0) is 9.54. The number of hydrogen-bond acceptors (Lipinski definition) is 4. The predicted octanol–water partition coefficient (Wildman–Crippen LogP) is -0.0173. The van der Waals surface area contributed by atoms with Gasteiger partial charge in [0.2, 0.25) is 0 Å². The summed E-state index contributed by atoms with van der Waals surface area (Å²) < 4.78 is 6.54. The molecule has 70 valence electrons. The first kappa shape index (κ1) is 7.31. The topological polar surface area (TPSA) is 72.8 Å². The van der Waals surface area contributed by atoms with Gasteiger partial charge in [0.25, 0.3) is 5.56 Å². The molecule has 3 rings (SSSR count). The summed E-state index contributed by atoms with van der Waals surface area (Å²) in [5.74, 6) is 0. The second-order valence-electron chi connectivity index (χ2n) is 2.87. The van der Waals surface area contributed by atoms with Crippen LogP contribution in [0.3, 0.4) is 0 Å². The van der Waals surface area contributed by atoms with E-state index < -0.39 is 0 Å². The van der Waals surface area contributed by atoms with E-state index in [0.717, 1.165) is 0 Å². The Bertz CT molecular complexity index is 581. The number of ether oxygens (including phenoxy) is 1. The summed E-state index contributed by atoms with van der Waals surface area (Å²) in [6, 6.07) is 0.289. The fourth-order valence-electron chi connectivity index (χ4n) is 1.39. The molecule has 0 amide bonds. The zero-order valence-electron chi connectivity index (χ0n) is 7.10. The number of aromatic nitrogens is 4. The Morgan fingerprint density at radius 3 is 3.43 bits per heavy atom. The van der Waals surface area contributed by atoms with Crippen LogP contribution in [0.25, 0.3) is 17.4 Å². The number of fused-ring (bicyclic) bond motifs is 2. The predicted molar refractivity (Wildman–Crippen MR) is 49.0 cm³/mol. The smallest absolute Gasteiger partial charge is 0.305 e. The standard InChI is InChI=1S/C8H6N4O2/c13-7-5-6(10-4-9-5)11-8-12(7)2-1-3-14-8/h1-2,4H,3H2,(H,9,10). The van der Waals surface area contributed by atoms with E-state index in [1.807, 2.05) is 0 Å². The lowest BCUT2D eigenvalue weighted by Gasteiger charge is -2.11. The molecule has 3 heterocycles. The van der Waals surface area contributed by atoms with Crippen molar-refractivity contribution in [3.63, 3.8) is 0 Å². The molecule has 1 N–H and O–H groups in total. The second-order valence-corrected chi connectivity index (χ2v) is 2.87. The molecular weight excluding hydrogens is 184 g/mol. The Balaban J connectivity index is 2.50. The molecule has 1 aliphatic heterocycles. The molecule has 0 unspecified atom stereocenters. The number of nitrogens with one attached hydrogen (secondary N) is 1. The molecule has 2 aromatic rings. The normalized spacial score (nSPS) is 14.0. The highest BCUT2D eigenvalue weighted by molar-refractivity contribution is 5.69. The first-order valence-corrected chi connectivity index (χ1v) is 4.11. The SMILES string of the molecule is O=c1c2[nH]cnc2nc2n1C=CCO2. The Kier molecular flexibility index (Phi) is 1.27. The molecule has 0 aromatic carbocycles. The number of aromatic amines is 1. The largest absolute Gasteiger partial charge is 0.460 e. The van der Waals surface area contributed by atoms with E-state index in [1.165, 1.54) is 10.9 Å². The second kappa shape index (κ2) is 2.44. The lowest BCUT2D eigenvalue weighted by Crippen LogP contribution is -2.22. The summed E-state index contributed by atoms with van der Waals surface area (Å²) >= 11 is 0. The minimum absolute atomic E-state index is 0.196. The molecule has 0 bridgehead atoms. The summed E-state index contributed by atoms with van der Waals surface area (Å²) in [7, 11) is 0. The van der Waals surface area contributed by atoms with Gasteiger partial charge in [-0.3, -0.25) is 4.79 Å². The summed E-state index contributed by atoms with van der Waals surface area (Å²) in [5.41, 5.74) is 0.582. The van der Waals surface area contributed by atoms with Crippen molar-refractivity contribution >= 4 is 17.4 Å². The minimum atomic E-state index is -0.196. The fraction of sp³-hybridized carbons (Fsp3) is 0.125. The third kappa shape index (κ3) is 0.819. The number of nitrogens with zero attached hydrogens (tertiary/aromatic N) is 3. The van der Waals surface area contributed by atoms with Gasteiger partial charge in [-0.2, -0.15) is 4.98 Å². The number of imidazole rings is 1. The average Bonchev–Trinajstić information content (AvgIpc) is 2.66. The molecule has 0 fully saturated rings. The van der Waals surface area contributed by atoms with Crippen molar-refractivity contribution < 1.29 is 4.74 Å². The summed E-state index contributed by atoms with van der Waals surface area (Å²) in [6.45, 7) is 0.433. The maximum Gasteiger partial charge on any atom is 0.305 e. The maximum absolute atomic E-state index is 11.8. The van der Waals surface area contributed by atoms with Crippen LogP contribution in [0.15, 0.2) is 17.2 Å². The Labute approximate surface area is 77.9 Å². The van der Waals surface area contributed by atoms with Gasteiger partial charge >= 0.3 is 6.01 Å². The monoisotopic (exact) mass is 190 g/mol. The van der Waals surface area contributed by atoms with Gasteiger partial charge in [0.05, 0.1) is 6.33 Å². The minimum Gasteiger partial charge on any atom is -0.460 e. The van der Waals surface area contributed by atoms with Crippen LogP contribution in [0, 0.1) is 0 Å². The zero-order valence-corrected chi connectivity index (χ0v) is 7.10. The van der Waals surface area contributed by atoms with Crippen molar-refractivity contribution in [2.24, 2.45) is 0 Å². The van der Waals surface area contributed by atoms with Crippen LogP contribution >= 0.6 is 0 Å². The Morgan fingerprint density at radius 1 is 1.57 bits per heavy atom. The first-order chi connectivity index (χ1) is 6.86. The molecule has 0 radical (unpaired) electrons. The average molecular weight is 190 g/mol. The van der Waals surface area contributed by atoms with E-state index in [4.69, 9.17) is 4.74 Å². The van der Waals surface area contributed by atoms with Crippen molar-refractivity contribution in [2.45, 2.75) is 0 Å². The summed E-state index contributed by atoms with van der Waals surface area (Å²) in [6.07, 6.45) is 4.83. The molecule has 6 heteroatoms. The van der Waals surface area contributed by atoms with Gasteiger partial charge in [-0.25, -0.2) is 9.55 Å². The molecule has 2 aromatic heterocycles. The lowest BCUT2D eigenvalue weighted by molar-refractivity contribution is 0.317. The molecule has 6 nitrogen and oxygen atoms in total. The van der Waals surface area contributed by atoms with Crippen LogP contribution in [-0.4, -0.2) is 26.1 Å². The van der Waals surface area contributed by atoms with Crippen LogP contribution in [0.1, 0.15) is 0 Å². The van der Waals surface area contributed by atoms with E-state index in [1.54, 1.807) is 12.3 Å². The van der Waals surface area contributed by atoms with Gasteiger partial charge in [-0.05, 0) is 6.08 Å². The molecule has 1 aliphatic rings. The highest BCUT2D eigenvalue weighted by Crippen LogP contribution is 2.12. The summed E-state index contributed by atoms with van der Waals surface area (Å²) in [5, 5.41) is 0. The number of H-pyrrole nitrogens is 1. The molecule has 0 aliphatic carbocycles. The van der Waals surface area contributed by atoms with E-state index in [0.29, 0.717) is 17.8 Å². The van der Waals surface area contributed by atoms with Gasteiger partial charge in [0.15, 0.2) is 11.2 Å². The highest BCUT2D eigenvalue weighted by atomic mass is 16.5. The molecule has 0 saturated carbocycles. The first-order valence-electron chi connectivity index (χ1n) is 4.11. The molecule has 0 saturated heterocycles.